The Hall–Kier alpha value is -1.47. The number of ether oxygens (including phenoxy) is 1. The van der Waals surface area contributed by atoms with E-state index >= 15 is 0 Å². The SMILES string of the molecule is COc1ccc(S(=O)(=O)N2CCN(CN3CCSC3=S)CC2)cc1[N+](=O)[O-]. The van der Waals surface area contributed by atoms with Crippen LogP contribution >= 0.6 is 24.0 Å². The van der Waals surface area contributed by atoms with Crippen molar-refractivity contribution in [1.29, 1.82) is 0 Å². The lowest BCUT2D eigenvalue weighted by Crippen LogP contribution is -2.51. The molecule has 1 aromatic rings. The molecule has 2 aliphatic rings. The van der Waals surface area contributed by atoms with Crippen LogP contribution in [0.5, 0.6) is 5.75 Å². The number of nitro groups is 1. The summed E-state index contributed by atoms with van der Waals surface area (Å²) in [5.41, 5.74) is -0.364. The van der Waals surface area contributed by atoms with Gasteiger partial charge in [0, 0.05) is 44.5 Å². The Morgan fingerprint density at radius 2 is 1.96 bits per heavy atom. The summed E-state index contributed by atoms with van der Waals surface area (Å²) in [6.45, 7) is 3.44. The van der Waals surface area contributed by atoms with Gasteiger partial charge in [0.25, 0.3) is 0 Å². The lowest BCUT2D eigenvalue weighted by Gasteiger charge is -2.36. The van der Waals surface area contributed by atoms with Crippen LogP contribution in [-0.2, 0) is 10.0 Å². The van der Waals surface area contributed by atoms with Gasteiger partial charge in [0.2, 0.25) is 10.0 Å². The number of methoxy groups -OCH3 is 1. The second-order valence-corrected chi connectivity index (χ2v) is 9.80. The number of nitrogens with zero attached hydrogens (tertiary/aromatic N) is 4. The predicted molar refractivity (Wildman–Crippen MR) is 107 cm³/mol. The first kappa shape index (κ1) is 20.3. The monoisotopic (exact) mass is 432 g/mol. The molecular weight excluding hydrogens is 412 g/mol. The summed E-state index contributed by atoms with van der Waals surface area (Å²) >= 11 is 6.96. The van der Waals surface area contributed by atoms with Crippen molar-refractivity contribution < 1.29 is 18.1 Å². The molecule has 0 spiro atoms. The fourth-order valence-corrected chi connectivity index (χ4v) is 5.69. The number of hydrogen-bond donors (Lipinski definition) is 0. The lowest BCUT2D eigenvalue weighted by molar-refractivity contribution is -0.386. The zero-order valence-electron chi connectivity index (χ0n) is 14.7. The molecule has 0 saturated carbocycles. The van der Waals surface area contributed by atoms with Gasteiger partial charge < -0.3 is 9.64 Å². The summed E-state index contributed by atoms with van der Waals surface area (Å²) in [5.74, 6) is 1.02. The fraction of sp³-hybridized carbons (Fsp3) is 0.533. The topological polar surface area (TPSA) is 96.2 Å². The third-order valence-electron chi connectivity index (χ3n) is 4.53. The Kier molecular flexibility index (Phi) is 6.21. The first-order valence-electron chi connectivity index (χ1n) is 8.29. The van der Waals surface area contributed by atoms with Gasteiger partial charge in [0.05, 0.1) is 23.6 Å². The van der Waals surface area contributed by atoms with Crippen LogP contribution < -0.4 is 4.74 Å². The first-order valence-corrected chi connectivity index (χ1v) is 11.1. The smallest absolute Gasteiger partial charge is 0.312 e. The van der Waals surface area contributed by atoms with E-state index in [0.717, 1.165) is 22.7 Å². The van der Waals surface area contributed by atoms with Gasteiger partial charge in [-0.3, -0.25) is 15.0 Å². The highest BCUT2D eigenvalue weighted by Gasteiger charge is 2.31. The Morgan fingerprint density at radius 3 is 2.52 bits per heavy atom. The third-order valence-corrected chi connectivity index (χ3v) is 7.93. The van der Waals surface area contributed by atoms with Crippen molar-refractivity contribution in [1.82, 2.24) is 14.1 Å². The number of nitro benzene ring substituents is 1. The van der Waals surface area contributed by atoms with E-state index in [-0.39, 0.29) is 16.3 Å². The Morgan fingerprint density at radius 1 is 1.26 bits per heavy atom. The van der Waals surface area contributed by atoms with E-state index in [9.17, 15) is 18.5 Å². The maximum absolute atomic E-state index is 12.9. The summed E-state index contributed by atoms with van der Waals surface area (Å²) in [5, 5.41) is 11.2. The molecule has 0 radical (unpaired) electrons. The zero-order chi connectivity index (χ0) is 19.6. The molecule has 0 atom stereocenters. The molecule has 12 heteroatoms. The van der Waals surface area contributed by atoms with Crippen LogP contribution in [0, 0.1) is 10.1 Å². The van der Waals surface area contributed by atoms with Crippen molar-refractivity contribution in [3.05, 3.63) is 28.3 Å². The minimum absolute atomic E-state index is 0.0308. The number of sulfonamides is 1. The number of benzene rings is 1. The Balaban J connectivity index is 1.69. The predicted octanol–water partition coefficient (Wildman–Crippen LogP) is 1.20. The van der Waals surface area contributed by atoms with Crippen molar-refractivity contribution in [2.75, 3.05) is 52.3 Å². The van der Waals surface area contributed by atoms with E-state index < -0.39 is 14.9 Å². The molecule has 2 saturated heterocycles. The average Bonchev–Trinajstić information content (AvgIpc) is 3.06. The van der Waals surface area contributed by atoms with Gasteiger partial charge in [-0.25, -0.2) is 8.42 Å². The molecule has 1 aromatic carbocycles. The molecule has 148 valence electrons. The first-order chi connectivity index (χ1) is 12.8. The van der Waals surface area contributed by atoms with Crippen molar-refractivity contribution in [2.24, 2.45) is 0 Å². The minimum atomic E-state index is -3.80. The van der Waals surface area contributed by atoms with Gasteiger partial charge >= 0.3 is 5.69 Å². The van der Waals surface area contributed by atoms with Crippen LogP contribution in [-0.4, -0.2) is 84.0 Å². The van der Waals surface area contributed by atoms with Gasteiger partial charge in [-0.05, 0) is 12.1 Å². The molecule has 0 aromatic heterocycles. The summed E-state index contributed by atoms with van der Waals surface area (Å²) in [7, 11) is -2.50. The van der Waals surface area contributed by atoms with E-state index in [2.05, 4.69) is 9.80 Å². The van der Waals surface area contributed by atoms with E-state index in [1.807, 2.05) is 0 Å². The molecule has 0 bridgehead atoms. The zero-order valence-corrected chi connectivity index (χ0v) is 17.2. The van der Waals surface area contributed by atoms with Crippen molar-refractivity contribution >= 4 is 44.0 Å². The normalized spacial score (nSPS) is 19.4. The third kappa shape index (κ3) is 4.35. The Labute approximate surface area is 167 Å². The van der Waals surface area contributed by atoms with E-state index in [1.54, 1.807) is 11.8 Å². The highest BCUT2D eigenvalue weighted by Crippen LogP contribution is 2.30. The highest BCUT2D eigenvalue weighted by atomic mass is 32.2. The van der Waals surface area contributed by atoms with Crippen LogP contribution in [0.2, 0.25) is 0 Å². The number of piperazine rings is 1. The summed E-state index contributed by atoms with van der Waals surface area (Å²) in [6.07, 6.45) is 0. The maximum atomic E-state index is 12.9. The molecule has 3 rings (SSSR count). The van der Waals surface area contributed by atoms with Crippen molar-refractivity contribution in [3.63, 3.8) is 0 Å². The second-order valence-electron chi connectivity index (χ2n) is 6.13. The highest BCUT2D eigenvalue weighted by molar-refractivity contribution is 8.23. The molecule has 27 heavy (non-hydrogen) atoms. The Bertz CT molecular complexity index is 840. The van der Waals surface area contributed by atoms with Gasteiger partial charge in [0.1, 0.15) is 4.32 Å². The summed E-state index contributed by atoms with van der Waals surface area (Å²) in [6, 6.07) is 3.71. The summed E-state index contributed by atoms with van der Waals surface area (Å²) in [4.78, 5) is 14.7. The number of hydrogen-bond acceptors (Lipinski definition) is 8. The quantitative estimate of drug-likeness (QED) is 0.373. The second kappa shape index (κ2) is 8.27. The molecule has 0 N–H and O–H groups in total. The van der Waals surface area contributed by atoms with Crippen LogP contribution in [0.3, 0.4) is 0 Å². The van der Waals surface area contributed by atoms with Gasteiger partial charge in [-0.2, -0.15) is 4.31 Å². The molecule has 0 aliphatic carbocycles. The number of thioether (sulfide) groups is 1. The van der Waals surface area contributed by atoms with Crippen LogP contribution in [0.1, 0.15) is 0 Å². The van der Waals surface area contributed by atoms with E-state index in [4.69, 9.17) is 17.0 Å². The van der Waals surface area contributed by atoms with E-state index in [1.165, 1.54) is 23.5 Å². The van der Waals surface area contributed by atoms with Gasteiger partial charge in [0.15, 0.2) is 5.75 Å². The van der Waals surface area contributed by atoms with Crippen LogP contribution in [0.15, 0.2) is 23.1 Å². The van der Waals surface area contributed by atoms with Gasteiger partial charge in [-0.15, -0.1) is 0 Å². The van der Waals surface area contributed by atoms with E-state index in [0.29, 0.717) is 32.8 Å². The number of rotatable bonds is 6. The van der Waals surface area contributed by atoms with Crippen LogP contribution in [0.25, 0.3) is 0 Å². The average molecular weight is 433 g/mol. The molecular formula is C15H20N4O5S3. The molecule has 2 fully saturated rings. The summed E-state index contributed by atoms with van der Waals surface area (Å²) < 4.78 is 32.9. The largest absolute Gasteiger partial charge is 0.490 e. The standard InChI is InChI=1S/C15H20N4O5S3/c1-24-14-3-2-12(10-13(14)19(20)21)27(22,23)18-6-4-16(5-7-18)11-17-8-9-26-15(17)25/h2-3,10H,4-9,11H2,1H3. The molecule has 9 nitrogen and oxygen atoms in total. The molecule has 2 aliphatic heterocycles. The minimum Gasteiger partial charge on any atom is -0.490 e. The lowest BCUT2D eigenvalue weighted by atomic mass is 10.3. The molecule has 2 heterocycles. The maximum Gasteiger partial charge on any atom is 0.312 e. The van der Waals surface area contributed by atoms with Gasteiger partial charge in [-0.1, -0.05) is 24.0 Å². The van der Waals surface area contributed by atoms with Crippen LogP contribution in [0.4, 0.5) is 5.69 Å². The van der Waals surface area contributed by atoms with Crippen molar-refractivity contribution in [2.45, 2.75) is 4.90 Å². The number of thiocarbonyl (C=S) groups is 1. The van der Waals surface area contributed by atoms with Crippen molar-refractivity contribution in [3.8, 4) is 5.75 Å². The molecule has 0 unspecified atom stereocenters. The fourth-order valence-electron chi connectivity index (χ4n) is 3.03. The molecule has 0 amide bonds.